The molecule has 1 unspecified atom stereocenters. The molecule has 0 spiro atoms. The second-order valence-electron chi connectivity index (χ2n) is 4.76. The molecule has 1 rings (SSSR count). The van der Waals surface area contributed by atoms with Crippen molar-refractivity contribution in [2.45, 2.75) is 45.3 Å². The van der Waals surface area contributed by atoms with Crippen LogP contribution >= 0.6 is 15.9 Å². The van der Waals surface area contributed by atoms with Crippen molar-refractivity contribution in [3.63, 3.8) is 0 Å². The van der Waals surface area contributed by atoms with Crippen LogP contribution in [0, 0.1) is 5.92 Å². The fraction of sp³-hybridized carbons (Fsp3) is 0.571. The van der Waals surface area contributed by atoms with Crippen molar-refractivity contribution < 1.29 is 13.2 Å². The summed E-state index contributed by atoms with van der Waals surface area (Å²) in [6, 6.07) is 3.26. The standard InChI is InChI=1S/C14H19BrF3N/c1-3-9(4-2)7-13(19)11-8-10(14(16,17)18)5-6-12(11)15/h5-6,8-9,13H,3-4,7,19H2,1-2H3. The molecule has 0 saturated heterocycles. The molecule has 0 aliphatic heterocycles. The Labute approximate surface area is 120 Å². The highest BCUT2D eigenvalue weighted by atomic mass is 79.9. The first-order valence-corrected chi connectivity index (χ1v) is 7.21. The minimum Gasteiger partial charge on any atom is -0.324 e. The van der Waals surface area contributed by atoms with Gasteiger partial charge in [0.05, 0.1) is 5.56 Å². The third-order valence-electron chi connectivity index (χ3n) is 3.46. The molecule has 1 atom stereocenters. The number of nitrogens with two attached hydrogens (primary N) is 1. The van der Waals surface area contributed by atoms with Crippen LogP contribution in [-0.2, 0) is 6.18 Å². The summed E-state index contributed by atoms with van der Waals surface area (Å²) >= 11 is 3.28. The fourth-order valence-corrected chi connectivity index (χ4v) is 2.65. The van der Waals surface area contributed by atoms with E-state index < -0.39 is 11.7 Å². The van der Waals surface area contributed by atoms with Gasteiger partial charge in [0, 0.05) is 10.5 Å². The first-order chi connectivity index (χ1) is 8.79. The van der Waals surface area contributed by atoms with Crippen molar-refractivity contribution in [2.24, 2.45) is 11.7 Å². The summed E-state index contributed by atoms with van der Waals surface area (Å²) in [7, 11) is 0. The monoisotopic (exact) mass is 337 g/mol. The van der Waals surface area contributed by atoms with Gasteiger partial charge in [0.15, 0.2) is 0 Å². The predicted octanol–water partition coefficient (Wildman–Crippen LogP) is 5.29. The number of halogens is 4. The van der Waals surface area contributed by atoms with Crippen LogP contribution in [0.5, 0.6) is 0 Å². The van der Waals surface area contributed by atoms with Gasteiger partial charge in [-0.15, -0.1) is 0 Å². The number of rotatable bonds is 5. The minimum absolute atomic E-state index is 0.374. The van der Waals surface area contributed by atoms with Gasteiger partial charge in [-0.2, -0.15) is 13.2 Å². The molecular weight excluding hydrogens is 319 g/mol. The molecule has 1 aromatic carbocycles. The molecule has 0 aliphatic carbocycles. The molecule has 19 heavy (non-hydrogen) atoms. The summed E-state index contributed by atoms with van der Waals surface area (Å²) in [5, 5.41) is 0. The van der Waals surface area contributed by atoms with E-state index in [1.54, 1.807) is 0 Å². The zero-order chi connectivity index (χ0) is 14.6. The maximum absolute atomic E-state index is 12.7. The highest BCUT2D eigenvalue weighted by molar-refractivity contribution is 9.10. The van der Waals surface area contributed by atoms with Gasteiger partial charge in [-0.3, -0.25) is 0 Å². The highest BCUT2D eigenvalue weighted by Crippen LogP contribution is 2.35. The molecule has 0 amide bonds. The summed E-state index contributed by atoms with van der Waals surface area (Å²) in [5.74, 6) is 0.441. The van der Waals surface area contributed by atoms with E-state index in [1.807, 2.05) is 0 Å². The lowest BCUT2D eigenvalue weighted by atomic mass is 9.91. The van der Waals surface area contributed by atoms with E-state index in [4.69, 9.17) is 5.73 Å². The third kappa shape index (κ3) is 4.49. The van der Waals surface area contributed by atoms with Crippen molar-refractivity contribution in [3.05, 3.63) is 33.8 Å². The largest absolute Gasteiger partial charge is 0.416 e. The summed E-state index contributed by atoms with van der Waals surface area (Å²) in [6.45, 7) is 4.14. The van der Waals surface area contributed by atoms with E-state index in [0.29, 0.717) is 22.4 Å². The van der Waals surface area contributed by atoms with E-state index >= 15 is 0 Å². The lowest BCUT2D eigenvalue weighted by molar-refractivity contribution is -0.137. The lowest BCUT2D eigenvalue weighted by Gasteiger charge is -2.20. The van der Waals surface area contributed by atoms with Crippen LogP contribution in [-0.4, -0.2) is 0 Å². The van der Waals surface area contributed by atoms with E-state index in [0.717, 1.165) is 25.0 Å². The van der Waals surface area contributed by atoms with Gasteiger partial charge in [-0.05, 0) is 36.1 Å². The molecule has 0 radical (unpaired) electrons. The topological polar surface area (TPSA) is 26.0 Å². The Morgan fingerprint density at radius 2 is 1.79 bits per heavy atom. The Morgan fingerprint density at radius 3 is 2.26 bits per heavy atom. The second kappa shape index (κ2) is 6.75. The molecular formula is C14H19BrF3N. The Hall–Kier alpha value is -0.550. The molecule has 0 bridgehead atoms. The van der Waals surface area contributed by atoms with E-state index in [9.17, 15) is 13.2 Å². The summed E-state index contributed by atoms with van der Waals surface area (Å²) in [5.41, 5.74) is 5.94. The van der Waals surface area contributed by atoms with E-state index in [2.05, 4.69) is 29.8 Å². The zero-order valence-corrected chi connectivity index (χ0v) is 12.7. The number of hydrogen-bond donors (Lipinski definition) is 1. The van der Waals surface area contributed by atoms with Crippen molar-refractivity contribution in [2.75, 3.05) is 0 Å². The van der Waals surface area contributed by atoms with Gasteiger partial charge < -0.3 is 5.73 Å². The normalized spacial score (nSPS) is 13.9. The molecule has 108 valence electrons. The van der Waals surface area contributed by atoms with E-state index in [-0.39, 0.29) is 6.04 Å². The molecule has 2 N–H and O–H groups in total. The Kier molecular flexibility index (Phi) is 5.86. The molecule has 0 aromatic heterocycles. The zero-order valence-electron chi connectivity index (χ0n) is 11.1. The maximum Gasteiger partial charge on any atom is 0.416 e. The first kappa shape index (κ1) is 16.5. The Balaban J connectivity index is 2.98. The molecule has 1 aromatic rings. The molecule has 0 aliphatic rings. The quantitative estimate of drug-likeness (QED) is 0.775. The average molecular weight is 338 g/mol. The van der Waals surface area contributed by atoms with Crippen molar-refractivity contribution in [1.82, 2.24) is 0 Å². The van der Waals surface area contributed by atoms with Crippen LogP contribution in [0.15, 0.2) is 22.7 Å². The van der Waals surface area contributed by atoms with Gasteiger partial charge >= 0.3 is 6.18 Å². The predicted molar refractivity (Wildman–Crippen MR) is 74.8 cm³/mol. The SMILES string of the molecule is CCC(CC)CC(N)c1cc(C(F)(F)F)ccc1Br. The molecule has 0 saturated carbocycles. The average Bonchev–Trinajstić information content (AvgIpc) is 2.34. The summed E-state index contributed by atoms with van der Waals surface area (Å²) in [6.07, 6.45) is -1.65. The van der Waals surface area contributed by atoms with Crippen molar-refractivity contribution >= 4 is 15.9 Å². The maximum atomic E-state index is 12.7. The van der Waals surface area contributed by atoms with Crippen LogP contribution in [0.3, 0.4) is 0 Å². The highest BCUT2D eigenvalue weighted by Gasteiger charge is 2.31. The number of alkyl halides is 3. The smallest absolute Gasteiger partial charge is 0.324 e. The van der Waals surface area contributed by atoms with Crippen LogP contribution in [0.2, 0.25) is 0 Å². The number of benzene rings is 1. The second-order valence-corrected chi connectivity index (χ2v) is 5.61. The number of hydrogen-bond acceptors (Lipinski definition) is 1. The van der Waals surface area contributed by atoms with Gasteiger partial charge in [0.2, 0.25) is 0 Å². The first-order valence-electron chi connectivity index (χ1n) is 6.41. The van der Waals surface area contributed by atoms with Gasteiger partial charge in [0.1, 0.15) is 0 Å². The Bertz CT molecular complexity index is 414. The van der Waals surface area contributed by atoms with Crippen LogP contribution in [0.1, 0.15) is 50.3 Å². The Morgan fingerprint density at radius 1 is 1.21 bits per heavy atom. The molecule has 0 fully saturated rings. The molecule has 5 heteroatoms. The molecule has 1 nitrogen and oxygen atoms in total. The van der Waals surface area contributed by atoms with Gasteiger partial charge in [-0.1, -0.05) is 42.6 Å². The fourth-order valence-electron chi connectivity index (χ4n) is 2.11. The van der Waals surface area contributed by atoms with Gasteiger partial charge in [-0.25, -0.2) is 0 Å². The molecule has 0 heterocycles. The van der Waals surface area contributed by atoms with Crippen molar-refractivity contribution in [3.8, 4) is 0 Å². The lowest BCUT2D eigenvalue weighted by Crippen LogP contribution is -2.17. The minimum atomic E-state index is -4.33. The van der Waals surface area contributed by atoms with E-state index in [1.165, 1.54) is 6.07 Å². The van der Waals surface area contributed by atoms with Crippen molar-refractivity contribution in [1.29, 1.82) is 0 Å². The van der Waals surface area contributed by atoms with Gasteiger partial charge in [0.25, 0.3) is 0 Å². The van der Waals surface area contributed by atoms with Crippen LogP contribution < -0.4 is 5.73 Å². The summed E-state index contributed by atoms with van der Waals surface area (Å²) in [4.78, 5) is 0. The third-order valence-corrected chi connectivity index (χ3v) is 4.19. The van der Waals surface area contributed by atoms with Crippen LogP contribution in [0.25, 0.3) is 0 Å². The summed E-state index contributed by atoms with van der Waals surface area (Å²) < 4.78 is 38.7. The van der Waals surface area contributed by atoms with Crippen LogP contribution in [0.4, 0.5) is 13.2 Å².